The number of rotatable bonds is 8. The van der Waals surface area contributed by atoms with Crippen LogP contribution in [0.4, 0.5) is 0 Å². The van der Waals surface area contributed by atoms with Gasteiger partial charge in [0, 0.05) is 25.7 Å². The van der Waals surface area contributed by atoms with Crippen molar-refractivity contribution in [3.05, 3.63) is 11.8 Å². The zero-order chi connectivity index (χ0) is 24.8. The van der Waals surface area contributed by atoms with Gasteiger partial charge >= 0.3 is 0 Å². The van der Waals surface area contributed by atoms with Gasteiger partial charge in [-0.05, 0) is 106 Å². The summed E-state index contributed by atoms with van der Waals surface area (Å²) < 4.78 is 8.48. The van der Waals surface area contributed by atoms with Crippen molar-refractivity contribution in [2.24, 2.45) is 35.0 Å². The SMILES string of the molecule is Cl.Cl.O=C(NC1C2CC3CC(C2)CC1C3)c1cnn(CCN2CCC3(CC2)CNC3)c1OCC1CCCCC1. The summed E-state index contributed by atoms with van der Waals surface area (Å²) in [7, 11) is 0. The maximum Gasteiger partial charge on any atom is 0.258 e. The predicted molar refractivity (Wildman–Crippen MR) is 158 cm³/mol. The Morgan fingerprint density at radius 2 is 1.64 bits per heavy atom. The highest BCUT2D eigenvalue weighted by Crippen LogP contribution is 2.53. The summed E-state index contributed by atoms with van der Waals surface area (Å²) in [5.41, 5.74) is 1.22. The molecule has 2 N–H and O–H groups in total. The van der Waals surface area contributed by atoms with Gasteiger partial charge in [-0.3, -0.25) is 4.79 Å². The smallest absolute Gasteiger partial charge is 0.258 e. The van der Waals surface area contributed by atoms with Crippen molar-refractivity contribution >= 4 is 30.7 Å². The highest BCUT2D eigenvalue weighted by atomic mass is 35.5. The van der Waals surface area contributed by atoms with Crippen molar-refractivity contribution in [3.8, 4) is 5.88 Å². The molecule has 1 aromatic heterocycles. The number of carbonyl (C=O) groups is 1. The van der Waals surface area contributed by atoms with E-state index in [2.05, 4.69) is 15.5 Å². The number of nitrogens with one attached hydrogen (secondary N) is 2. The van der Waals surface area contributed by atoms with E-state index in [0.29, 0.717) is 47.3 Å². The molecule has 7 nitrogen and oxygen atoms in total. The molecule has 0 unspecified atom stereocenters. The van der Waals surface area contributed by atoms with Gasteiger partial charge in [-0.1, -0.05) is 19.3 Å². The van der Waals surface area contributed by atoms with Gasteiger partial charge in [0.15, 0.2) is 0 Å². The normalized spacial score (nSPS) is 33.2. The molecule has 39 heavy (non-hydrogen) atoms. The second-order valence-electron chi connectivity index (χ2n) is 13.8. The van der Waals surface area contributed by atoms with Crippen LogP contribution in [0.3, 0.4) is 0 Å². The largest absolute Gasteiger partial charge is 0.477 e. The maximum absolute atomic E-state index is 13.7. The average molecular weight is 583 g/mol. The van der Waals surface area contributed by atoms with Crippen LogP contribution in [0.2, 0.25) is 0 Å². The number of carbonyl (C=O) groups excluding carboxylic acids is 1. The lowest BCUT2D eigenvalue weighted by Crippen LogP contribution is -2.58. The predicted octanol–water partition coefficient (Wildman–Crippen LogP) is 4.93. The molecule has 8 rings (SSSR count). The molecule has 3 heterocycles. The first-order valence-electron chi connectivity index (χ1n) is 15.6. The Kier molecular flexibility index (Phi) is 9.42. The molecule has 2 saturated heterocycles. The number of hydrogen-bond acceptors (Lipinski definition) is 5. The fourth-order valence-corrected chi connectivity index (χ4v) is 9.10. The lowest BCUT2D eigenvalue weighted by Gasteiger charge is -2.54. The van der Waals surface area contributed by atoms with Crippen molar-refractivity contribution in [2.75, 3.05) is 39.3 Å². The number of halogens is 2. The fraction of sp³-hybridized carbons (Fsp3) is 0.867. The monoisotopic (exact) mass is 581 g/mol. The molecule has 4 bridgehead atoms. The minimum absolute atomic E-state index is 0. The lowest BCUT2D eigenvalue weighted by atomic mass is 9.54. The van der Waals surface area contributed by atoms with Crippen molar-refractivity contribution in [1.82, 2.24) is 25.3 Å². The van der Waals surface area contributed by atoms with Crippen LogP contribution in [0.5, 0.6) is 5.88 Å². The molecule has 7 fully saturated rings. The Bertz CT molecular complexity index is 939. The maximum atomic E-state index is 13.7. The van der Waals surface area contributed by atoms with E-state index in [1.54, 1.807) is 6.20 Å². The summed E-state index contributed by atoms with van der Waals surface area (Å²) in [5, 5.41) is 11.7. The number of hydrogen-bond donors (Lipinski definition) is 2. The molecule has 220 valence electrons. The zero-order valence-corrected chi connectivity index (χ0v) is 25.1. The summed E-state index contributed by atoms with van der Waals surface area (Å²) in [6.45, 7) is 7.20. The molecule has 9 heteroatoms. The van der Waals surface area contributed by atoms with Crippen molar-refractivity contribution in [3.63, 3.8) is 0 Å². The van der Waals surface area contributed by atoms with E-state index in [1.165, 1.54) is 103 Å². The average Bonchev–Trinajstić information content (AvgIpc) is 3.30. The summed E-state index contributed by atoms with van der Waals surface area (Å²) in [5.74, 6) is 4.54. The van der Waals surface area contributed by atoms with Gasteiger partial charge in [-0.25, -0.2) is 4.68 Å². The topological polar surface area (TPSA) is 71.4 Å². The summed E-state index contributed by atoms with van der Waals surface area (Å²) in [4.78, 5) is 16.3. The van der Waals surface area contributed by atoms with Gasteiger partial charge in [-0.2, -0.15) is 5.10 Å². The van der Waals surface area contributed by atoms with E-state index in [9.17, 15) is 4.79 Å². The number of amides is 1. The Hall–Kier alpha value is -1.02. The third-order valence-corrected chi connectivity index (χ3v) is 11.3. The molecule has 1 aromatic rings. The first-order valence-corrected chi connectivity index (χ1v) is 15.6. The second-order valence-corrected chi connectivity index (χ2v) is 13.8. The van der Waals surface area contributed by atoms with Gasteiger partial charge in [0.05, 0.1) is 19.3 Å². The number of piperidine rings is 1. The van der Waals surface area contributed by atoms with E-state index >= 15 is 0 Å². The number of nitrogens with zero attached hydrogens (tertiary/aromatic N) is 3. The van der Waals surface area contributed by atoms with Gasteiger partial charge < -0.3 is 20.3 Å². The van der Waals surface area contributed by atoms with Crippen LogP contribution in [-0.2, 0) is 6.54 Å². The van der Waals surface area contributed by atoms with Crippen molar-refractivity contribution < 1.29 is 9.53 Å². The summed E-state index contributed by atoms with van der Waals surface area (Å²) >= 11 is 0. The van der Waals surface area contributed by atoms with Crippen LogP contribution in [0.15, 0.2) is 6.20 Å². The van der Waals surface area contributed by atoms with E-state index in [4.69, 9.17) is 9.84 Å². The third kappa shape index (κ3) is 6.12. The van der Waals surface area contributed by atoms with Gasteiger partial charge in [0.2, 0.25) is 5.88 Å². The number of ether oxygens (including phenoxy) is 1. The Labute approximate surface area is 246 Å². The molecule has 0 aromatic carbocycles. The Morgan fingerprint density at radius 1 is 0.974 bits per heavy atom. The van der Waals surface area contributed by atoms with Crippen LogP contribution in [0.1, 0.15) is 87.4 Å². The fourth-order valence-electron chi connectivity index (χ4n) is 9.10. The van der Waals surface area contributed by atoms with Crippen molar-refractivity contribution in [1.29, 1.82) is 0 Å². The van der Waals surface area contributed by atoms with E-state index in [0.717, 1.165) is 24.9 Å². The summed E-state index contributed by atoms with van der Waals surface area (Å²) in [6, 6.07) is 0.344. The van der Waals surface area contributed by atoms with E-state index in [1.807, 2.05) is 4.68 Å². The molecule has 0 atom stereocenters. The number of aromatic nitrogens is 2. The summed E-state index contributed by atoms with van der Waals surface area (Å²) in [6.07, 6.45) is 17.5. The Morgan fingerprint density at radius 3 is 2.26 bits per heavy atom. The standard InChI is InChI=1S/C30H47N5O2.2ClH/c36-28(33-27-24-13-22-12-23(15-24)16-25(27)14-22)26-17-32-35(29(26)37-18-21-4-2-1-3-5-21)11-10-34-8-6-30(7-9-34)19-31-20-30;;/h17,21-25,27,31H,1-16,18-20H2,(H,33,36);2*1H. The minimum Gasteiger partial charge on any atom is -0.477 e. The second kappa shape index (κ2) is 12.5. The first kappa shape index (κ1) is 29.5. The first-order chi connectivity index (χ1) is 18.1. The van der Waals surface area contributed by atoms with Gasteiger partial charge in [0.25, 0.3) is 5.91 Å². The molecule has 1 spiro atoms. The molecule has 5 saturated carbocycles. The zero-order valence-electron chi connectivity index (χ0n) is 23.5. The van der Waals surface area contributed by atoms with Crippen LogP contribution in [-0.4, -0.2) is 66.0 Å². The van der Waals surface area contributed by atoms with E-state index in [-0.39, 0.29) is 30.7 Å². The van der Waals surface area contributed by atoms with Crippen LogP contribution < -0.4 is 15.4 Å². The van der Waals surface area contributed by atoms with Gasteiger partial charge in [0.1, 0.15) is 5.56 Å². The molecule has 0 radical (unpaired) electrons. The van der Waals surface area contributed by atoms with Crippen molar-refractivity contribution in [2.45, 2.75) is 89.6 Å². The third-order valence-electron chi connectivity index (χ3n) is 11.3. The molecular formula is C30H49Cl2N5O2. The highest BCUT2D eigenvalue weighted by Gasteiger charge is 2.49. The minimum atomic E-state index is 0. The van der Waals surface area contributed by atoms with Crippen LogP contribution in [0.25, 0.3) is 0 Å². The Balaban J connectivity index is 0.00000154. The number of likely N-dealkylation sites (tertiary alicyclic amines) is 1. The molecule has 2 aliphatic heterocycles. The lowest BCUT2D eigenvalue weighted by molar-refractivity contribution is -0.0120. The van der Waals surface area contributed by atoms with Crippen LogP contribution >= 0.6 is 24.8 Å². The molecule has 7 aliphatic rings. The van der Waals surface area contributed by atoms with E-state index < -0.39 is 0 Å². The molecule has 1 amide bonds. The molecular weight excluding hydrogens is 533 g/mol. The van der Waals surface area contributed by atoms with Crippen LogP contribution in [0, 0.1) is 35.0 Å². The highest BCUT2D eigenvalue weighted by molar-refractivity contribution is 5.96. The quantitative estimate of drug-likeness (QED) is 0.455. The van der Waals surface area contributed by atoms with Gasteiger partial charge in [-0.15, -0.1) is 24.8 Å². The molecule has 5 aliphatic carbocycles.